The summed E-state index contributed by atoms with van der Waals surface area (Å²) in [5.74, 6) is 2.91. The molecular formula is C18H19N3O3. The van der Waals surface area contributed by atoms with Gasteiger partial charge in [-0.1, -0.05) is 0 Å². The summed E-state index contributed by atoms with van der Waals surface area (Å²) in [4.78, 5) is 8.68. The second-order valence-electron chi connectivity index (χ2n) is 5.74. The molecule has 0 spiro atoms. The van der Waals surface area contributed by atoms with E-state index in [1.165, 1.54) is 6.42 Å². The van der Waals surface area contributed by atoms with E-state index >= 15 is 0 Å². The van der Waals surface area contributed by atoms with Crippen LogP contribution in [-0.4, -0.2) is 28.3 Å². The van der Waals surface area contributed by atoms with Gasteiger partial charge in [-0.3, -0.25) is 4.57 Å². The Morgan fingerprint density at radius 3 is 2.88 bits per heavy atom. The molecule has 0 aliphatic carbocycles. The van der Waals surface area contributed by atoms with Gasteiger partial charge in [-0.15, -0.1) is 0 Å². The number of aromatic nitrogens is 3. The van der Waals surface area contributed by atoms with Gasteiger partial charge in [0.15, 0.2) is 11.6 Å². The average molecular weight is 325 g/mol. The van der Waals surface area contributed by atoms with Gasteiger partial charge in [0.2, 0.25) is 5.88 Å². The molecule has 4 heterocycles. The molecule has 0 bridgehead atoms. The molecule has 0 aromatic carbocycles. The van der Waals surface area contributed by atoms with Crippen LogP contribution in [0.25, 0.3) is 17.3 Å². The number of rotatable bonds is 4. The van der Waals surface area contributed by atoms with E-state index in [1.807, 2.05) is 35.0 Å². The van der Waals surface area contributed by atoms with Crippen molar-refractivity contribution < 1.29 is 13.9 Å². The maximum Gasteiger partial charge on any atom is 0.213 e. The number of imidazole rings is 1. The molecule has 6 nitrogen and oxygen atoms in total. The van der Waals surface area contributed by atoms with E-state index in [4.69, 9.17) is 13.9 Å². The van der Waals surface area contributed by atoms with Crippen molar-refractivity contribution in [2.75, 3.05) is 13.7 Å². The number of hydrogen-bond donors (Lipinski definition) is 0. The number of nitrogens with zero attached hydrogens (tertiary/aromatic N) is 3. The molecule has 3 aromatic heterocycles. The zero-order valence-electron chi connectivity index (χ0n) is 13.5. The van der Waals surface area contributed by atoms with Gasteiger partial charge in [0.05, 0.1) is 19.0 Å². The van der Waals surface area contributed by atoms with Crippen LogP contribution in [0.3, 0.4) is 0 Å². The molecule has 3 aromatic rings. The SMILES string of the molecule is COc1ccc(-n2ccnc2-c2ccc([C@H]3CCCCO3)o2)cn1. The highest BCUT2D eigenvalue weighted by Crippen LogP contribution is 2.32. The third-order valence-electron chi connectivity index (χ3n) is 4.19. The first-order chi connectivity index (χ1) is 11.8. The summed E-state index contributed by atoms with van der Waals surface area (Å²) in [6.45, 7) is 0.798. The maximum absolute atomic E-state index is 6.02. The lowest BCUT2D eigenvalue weighted by Crippen LogP contribution is -2.10. The normalized spacial score (nSPS) is 17.8. The largest absolute Gasteiger partial charge is 0.481 e. The van der Waals surface area contributed by atoms with E-state index in [0.717, 1.165) is 42.5 Å². The van der Waals surface area contributed by atoms with Crippen molar-refractivity contribution in [2.45, 2.75) is 25.4 Å². The zero-order valence-corrected chi connectivity index (χ0v) is 13.5. The molecule has 1 aliphatic rings. The van der Waals surface area contributed by atoms with Gasteiger partial charge in [-0.05, 0) is 37.5 Å². The van der Waals surface area contributed by atoms with Crippen LogP contribution in [0.2, 0.25) is 0 Å². The molecule has 0 N–H and O–H groups in total. The van der Waals surface area contributed by atoms with Crippen molar-refractivity contribution in [3.63, 3.8) is 0 Å². The summed E-state index contributed by atoms with van der Waals surface area (Å²) < 4.78 is 18.9. The minimum absolute atomic E-state index is 0.0542. The van der Waals surface area contributed by atoms with E-state index in [9.17, 15) is 0 Å². The second-order valence-corrected chi connectivity index (χ2v) is 5.74. The van der Waals surface area contributed by atoms with E-state index in [0.29, 0.717) is 5.88 Å². The highest BCUT2D eigenvalue weighted by atomic mass is 16.5. The third kappa shape index (κ3) is 2.80. The van der Waals surface area contributed by atoms with Gasteiger partial charge < -0.3 is 13.9 Å². The Balaban J connectivity index is 1.63. The lowest BCUT2D eigenvalue weighted by molar-refractivity contribution is 0.00219. The molecule has 0 unspecified atom stereocenters. The smallest absolute Gasteiger partial charge is 0.213 e. The number of methoxy groups -OCH3 is 1. The Morgan fingerprint density at radius 1 is 1.17 bits per heavy atom. The van der Waals surface area contributed by atoms with Crippen molar-refractivity contribution in [3.05, 3.63) is 48.6 Å². The minimum atomic E-state index is 0.0542. The molecule has 1 fully saturated rings. The van der Waals surface area contributed by atoms with Crippen LogP contribution in [0.15, 0.2) is 47.3 Å². The zero-order chi connectivity index (χ0) is 16.4. The Bertz CT molecular complexity index is 801. The molecule has 1 saturated heterocycles. The van der Waals surface area contributed by atoms with E-state index in [-0.39, 0.29) is 6.10 Å². The van der Waals surface area contributed by atoms with Crippen LogP contribution in [0.5, 0.6) is 5.88 Å². The monoisotopic (exact) mass is 325 g/mol. The maximum atomic E-state index is 6.02. The first kappa shape index (κ1) is 15.0. The highest BCUT2D eigenvalue weighted by molar-refractivity contribution is 5.52. The molecule has 4 rings (SSSR count). The average Bonchev–Trinajstić information content (AvgIpc) is 3.32. The molecule has 0 saturated carbocycles. The van der Waals surface area contributed by atoms with Crippen LogP contribution in [0.1, 0.15) is 31.1 Å². The molecule has 0 amide bonds. The van der Waals surface area contributed by atoms with Gasteiger partial charge >= 0.3 is 0 Å². The summed E-state index contributed by atoms with van der Waals surface area (Å²) in [5.41, 5.74) is 0.898. The van der Waals surface area contributed by atoms with E-state index in [2.05, 4.69) is 9.97 Å². The number of ether oxygens (including phenoxy) is 2. The highest BCUT2D eigenvalue weighted by Gasteiger charge is 2.21. The van der Waals surface area contributed by atoms with Gasteiger partial charge in [0, 0.05) is 25.1 Å². The van der Waals surface area contributed by atoms with Crippen LogP contribution >= 0.6 is 0 Å². The van der Waals surface area contributed by atoms with Crippen molar-refractivity contribution in [2.24, 2.45) is 0 Å². The van der Waals surface area contributed by atoms with Crippen LogP contribution < -0.4 is 4.74 Å². The molecule has 1 aliphatic heterocycles. The lowest BCUT2D eigenvalue weighted by Gasteiger charge is -2.20. The Hall–Kier alpha value is -2.60. The van der Waals surface area contributed by atoms with Gasteiger partial charge in [0.1, 0.15) is 11.9 Å². The Kier molecular flexibility index (Phi) is 4.04. The molecule has 124 valence electrons. The third-order valence-corrected chi connectivity index (χ3v) is 4.19. The Morgan fingerprint density at radius 2 is 2.12 bits per heavy atom. The van der Waals surface area contributed by atoms with Gasteiger partial charge in [-0.25, -0.2) is 9.97 Å². The summed E-state index contributed by atoms with van der Waals surface area (Å²) in [7, 11) is 1.60. The van der Waals surface area contributed by atoms with Gasteiger partial charge in [-0.2, -0.15) is 0 Å². The van der Waals surface area contributed by atoms with E-state index < -0.39 is 0 Å². The minimum Gasteiger partial charge on any atom is -0.481 e. The molecule has 0 radical (unpaired) electrons. The summed E-state index contributed by atoms with van der Waals surface area (Å²) in [6, 6.07) is 7.69. The van der Waals surface area contributed by atoms with Crippen molar-refractivity contribution >= 4 is 0 Å². The molecule has 24 heavy (non-hydrogen) atoms. The predicted octanol–water partition coefficient (Wildman–Crippen LogP) is 3.78. The second kappa shape index (κ2) is 6.49. The first-order valence-corrected chi connectivity index (χ1v) is 8.10. The van der Waals surface area contributed by atoms with Crippen molar-refractivity contribution in [1.82, 2.24) is 14.5 Å². The standard InChI is InChI=1S/C18H19N3O3/c1-22-17-8-5-13(12-20-17)21-10-9-19-18(21)16-7-6-15(24-16)14-4-2-3-11-23-14/h5-10,12,14H,2-4,11H2,1H3/t14-/m1/s1. The fourth-order valence-electron chi connectivity index (χ4n) is 2.94. The molecule has 1 atom stereocenters. The van der Waals surface area contributed by atoms with E-state index in [1.54, 1.807) is 19.5 Å². The number of furan rings is 1. The summed E-state index contributed by atoms with van der Waals surface area (Å²) in [6.07, 6.45) is 8.74. The van der Waals surface area contributed by atoms with Crippen LogP contribution in [0.4, 0.5) is 0 Å². The van der Waals surface area contributed by atoms with Gasteiger partial charge in [0.25, 0.3) is 0 Å². The Labute approximate surface area is 140 Å². The number of hydrogen-bond acceptors (Lipinski definition) is 5. The molecular weight excluding hydrogens is 306 g/mol. The first-order valence-electron chi connectivity index (χ1n) is 8.10. The topological polar surface area (TPSA) is 62.3 Å². The predicted molar refractivity (Wildman–Crippen MR) is 88.2 cm³/mol. The number of pyridine rings is 1. The fourth-order valence-corrected chi connectivity index (χ4v) is 2.94. The fraction of sp³-hybridized carbons (Fsp3) is 0.333. The summed E-state index contributed by atoms with van der Waals surface area (Å²) >= 11 is 0. The van der Waals surface area contributed by atoms with Crippen molar-refractivity contribution in [3.8, 4) is 23.2 Å². The quantitative estimate of drug-likeness (QED) is 0.730. The van der Waals surface area contributed by atoms with Crippen LogP contribution in [0, 0.1) is 0 Å². The lowest BCUT2D eigenvalue weighted by atomic mass is 10.1. The van der Waals surface area contributed by atoms with Crippen LogP contribution in [-0.2, 0) is 4.74 Å². The molecule has 6 heteroatoms. The van der Waals surface area contributed by atoms with Crippen molar-refractivity contribution in [1.29, 1.82) is 0 Å². The summed E-state index contributed by atoms with van der Waals surface area (Å²) in [5, 5.41) is 0.